The lowest BCUT2D eigenvalue weighted by Crippen LogP contribution is -2.29. The lowest BCUT2D eigenvalue weighted by atomic mass is 9.78. The Kier molecular flexibility index (Phi) is 15.3. The standard InChI is InChI=1S/C32H60O4/c1-9-13-25(3)23-31(5,6)19-11-21-35-29(33)27-15-17-28(18-16-27)30(34)36-22-12-20-32(7,8)24-26(4)14-10-2/h25-28H,9-24H2,1-8H3. The fourth-order valence-electron chi connectivity index (χ4n) is 6.53. The monoisotopic (exact) mass is 508 g/mol. The molecule has 36 heavy (non-hydrogen) atoms. The van der Waals surface area contributed by atoms with Crippen LogP contribution in [0.15, 0.2) is 0 Å². The maximum atomic E-state index is 12.5. The molecule has 0 aliphatic heterocycles. The van der Waals surface area contributed by atoms with Gasteiger partial charge in [0.15, 0.2) is 0 Å². The average Bonchev–Trinajstić information content (AvgIpc) is 2.79. The van der Waals surface area contributed by atoms with E-state index < -0.39 is 0 Å². The molecule has 1 saturated carbocycles. The molecule has 1 aliphatic carbocycles. The Labute approximate surface area is 224 Å². The molecule has 212 valence electrons. The fraction of sp³-hybridized carbons (Fsp3) is 0.938. The lowest BCUT2D eigenvalue weighted by Gasteiger charge is -2.29. The van der Waals surface area contributed by atoms with E-state index in [-0.39, 0.29) is 23.8 Å². The third kappa shape index (κ3) is 14.0. The van der Waals surface area contributed by atoms with Crippen LogP contribution in [0.3, 0.4) is 0 Å². The van der Waals surface area contributed by atoms with Crippen molar-refractivity contribution < 1.29 is 19.1 Å². The minimum absolute atomic E-state index is 0.0578. The summed E-state index contributed by atoms with van der Waals surface area (Å²) in [7, 11) is 0. The molecule has 4 nitrogen and oxygen atoms in total. The van der Waals surface area contributed by atoms with Crippen molar-refractivity contribution in [2.24, 2.45) is 34.5 Å². The third-order valence-corrected chi connectivity index (χ3v) is 8.24. The van der Waals surface area contributed by atoms with Crippen molar-refractivity contribution in [3.05, 3.63) is 0 Å². The van der Waals surface area contributed by atoms with Crippen molar-refractivity contribution in [2.45, 2.75) is 145 Å². The first-order valence-electron chi connectivity index (χ1n) is 15.2. The van der Waals surface area contributed by atoms with E-state index in [1.165, 1.54) is 38.5 Å². The van der Waals surface area contributed by atoms with E-state index in [1.54, 1.807) is 0 Å². The molecule has 0 heterocycles. The summed E-state index contributed by atoms with van der Waals surface area (Å²) in [5.74, 6) is 1.24. The minimum atomic E-state index is -0.0708. The number of carbonyl (C=O) groups excluding carboxylic acids is 2. The molecular formula is C32H60O4. The number of hydrogen-bond donors (Lipinski definition) is 0. The summed E-state index contributed by atoms with van der Waals surface area (Å²) >= 11 is 0. The average molecular weight is 509 g/mol. The Morgan fingerprint density at radius 2 is 1.03 bits per heavy atom. The highest BCUT2D eigenvalue weighted by molar-refractivity contribution is 5.75. The zero-order chi connectivity index (χ0) is 27.2. The zero-order valence-electron chi connectivity index (χ0n) is 25.3. The molecule has 1 fully saturated rings. The van der Waals surface area contributed by atoms with E-state index in [9.17, 15) is 9.59 Å². The second kappa shape index (κ2) is 16.7. The summed E-state index contributed by atoms with van der Waals surface area (Å²) in [6.45, 7) is 19.5. The first kappa shape index (κ1) is 33.0. The SMILES string of the molecule is CCCC(C)CC(C)(C)CCCOC(=O)C1CCC(C(=O)OCCCC(C)(C)CC(C)CCC)CC1. The topological polar surface area (TPSA) is 52.6 Å². The Balaban J connectivity index is 2.22. The van der Waals surface area contributed by atoms with Crippen LogP contribution in [0, 0.1) is 34.5 Å². The Morgan fingerprint density at radius 3 is 1.33 bits per heavy atom. The molecule has 4 heteroatoms. The van der Waals surface area contributed by atoms with Gasteiger partial charge in [0.1, 0.15) is 0 Å². The van der Waals surface area contributed by atoms with E-state index in [0.717, 1.165) is 63.2 Å². The maximum absolute atomic E-state index is 12.5. The van der Waals surface area contributed by atoms with E-state index in [0.29, 0.717) is 24.0 Å². The normalized spacial score (nSPS) is 20.6. The van der Waals surface area contributed by atoms with Gasteiger partial charge in [0.05, 0.1) is 25.0 Å². The second-order valence-electron chi connectivity index (χ2n) is 13.6. The van der Waals surface area contributed by atoms with Crippen LogP contribution >= 0.6 is 0 Å². The summed E-state index contributed by atoms with van der Waals surface area (Å²) in [4.78, 5) is 25.1. The highest BCUT2D eigenvalue weighted by Crippen LogP contribution is 2.34. The van der Waals surface area contributed by atoms with E-state index in [1.807, 2.05) is 0 Å². The minimum Gasteiger partial charge on any atom is -0.465 e. The van der Waals surface area contributed by atoms with Crippen molar-refractivity contribution in [3.8, 4) is 0 Å². The predicted octanol–water partition coefficient (Wildman–Crippen LogP) is 9.14. The molecule has 0 aromatic heterocycles. The van der Waals surface area contributed by atoms with Gasteiger partial charge in [0, 0.05) is 0 Å². The van der Waals surface area contributed by atoms with Crippen LogP contribution in [-0.4, -0.2) is 25.2 Å². The van der Waals surface area contributed by atoms with Crippen LogP contribution in [0.5, 0.6) is 0 Å². The first-order chi connectivity index (χ1) is 16.9. The van der Waals surface area contributed by atoms with Crippen molar-refractivity contribution in [1.29, 1.82) is 0 Å². The van der Waals surface area contributed by atoms with Gasteiger partial charge in [-0.1, -0.05) is 81.1 Å². The second-order valence-corrected chi connectivity index (χ2v) is 13.6. The smallest absolute Gasteiger partial charge is 0.308 e. The fourth-order valence-corrected chi connectivity index (χ4v) is 6.53. The van der Waals surface area contributed by atoms with Gasteiger partial charge < -0.3 is 9.47 Å². The summed E-state index contributed by atoms with van der Waals surface area (Å²) in [6.07, 6.45) is 14.5. The van der Waals surface area contributed by atoms with Crippen molar-refractivity contribution in [1.82, 2.24) is 0 Å². The molecule has 0 radical (unpaired) electrons. The van der Waals surface area contributed by atoms with E-state index in [2.05, 4.69) is 55.4 Å². The number of ether oxygens (including phenoxy) is 2. The molecule has 1 aliphatic rings. The summed E-state index contributed by atoms with van der Waals surface area (Å²) in [5.41, 5.74) is 0.589. The number of rotatable bonds is 18. The molecule has 0 aromatic rings. The Morgan fingerprint density at radius 1 is 0.694 bits per heavy atom. The molecule has 1 rings (SSSR count). The number of hydrogen-bond acceptors (Lipinski definition) is 4. The highest BCUT2D eigenvalue weighted by atomic mass is 16.5. The lowest BCUT2D eigenvalue weighted by molar-refractivity contribution is -0.155. The summed E-state index contributed by atoms with van der Waals surface area (Å²) in [6, 6.07) is 0. The van der Waals surface area contributed by atoms with Gasteiger partial charge in [0.25, 0.3) is 0 Å². The van der Waals surface area contributed by atoms with Gasteiger partial charge in [-0.05, 0) is 86.9 Å². The van der Waals surface area contributed by atoms with Gasteiger partial charge in [-0.25, -0.2) is 0 Å². The molecule has 0 saturated heterocycles. The Hall–Kier alpha value is -1.06. The van der Waals surface area contributed by atoms with Crippen molar-refractivity contribution >= 4 is 11.9 Å². The maximum Gasteiger partial charge on any atom is 0.308 e. The molecule has 2 atom stereocenters. The molecule has 0 aromatic carbocycles. The largest absolute Gasteiger partial charge is 0.465 e. The number of esters is 2. The summed E-state index contributed by atoms with van der Waals surface area (Å²) < 4.78 is 11.2. The Bertz CT molecular complexity index is 562. The van der Waals surface area contributed by atoms with Gasteiger partial charge in [-0.15, -0.1) is 0 Å². The van der Waals surface area contributed by atoms with Gasteiger partial charge in [-0.3, -0.25) is 9.59 Å². The van der Waals surface area contributed by atoms with Crippen LogP contribution in [0.2, 0.25) is 0 Å². The van der Waals surface area contributed by atoms with Gasteiger partial charge >= 0.3 is 11.9 Å². The highest BCUT2D eigenvalue weighted by Gasteiger charge is 2.32. The van der Waals surface area contributed by atoms with Crippen molar-refractivity contribution in [3.63, 3.8) is 0 Å². The van der Waals surface area contributed by atoms with Gasteiger partial charge in [-0.2, -0.15) is 0 Å². The van der Waals surface area contributed by atoms with Crippen LogP contribution in [0.4, 0.5) is 0 Å². The molecule has 0 spiro atoms. The summed E-state index contributed by atoms with van der Waals surface area (Å²) in [5, 5.41) is 0. The quantitative estimate of drug-likeness (QED) is 0.137. The van der Waals surface area contributed by atoms with Crippen LogP contribution in [0.25, 0.3) is 0 Å². The van der Waals surface area contributed by atoms with Gasteiger partial charge in [0.2, 0.25) is 0 Å². The van der Waals surface area contributed by atoms with Crippen LogP contribution < -0.4 is 0 Å². The van der Waals surface area contributed by atoms with Crippen molar-refractivity contribution in [2.75, 3.05) is 13.2 Å². The molecule has 0 N–H and O–H groups in total. The van der Waals surface area contributed by atoms with Crippen LogP contribution in [0.1, 0.15) is 145 Å². The first-order valence-corrected chi connectivity index (χ1v) is 15.2. The third-order valence-electron chi connectivity index (χ3n) is 8.24. The zero-order valence-corrected chi connectivity index (χ0v) is 25.3. The predicted molar refractivity (Wildman–Crippen MR) is 151 cm³/mol. The number of carbonyl (C=O) groups is 2. The molecule has 0 bridgehead atoms. The molecule has 2 unspecified atom stereocenters. The van der Waals surface area contributed by atoms with Crippen LogP contribution in [-0.2, 0) is 19.1 Å². The molecule has 0 amide bonds. The van der Waals surface area contributed by atoms with E-state index >= 15 is 0 Å². The molecular weight excluding hydrogens is 448 g/mol. The van der Waals surface area contributed by atoms with E-state index in [4.69, 9.17) is 9.47 Å².